The highest BCUT2D eigenvalue weighted by molar-refractivity contribution is 5.69. The Balaban J connectivity index is 0. The zero-order chi connectivity index (χ0) is 21.9. The number of carbonyl (C=O) groups excluding carboxylic acids is 1. The molecule has 0 saturated carbocycles. The molecule has 0 aliphatic rings. The van der Waals surface area contributed by atoms with Crippen LogP contribution < -0.4 is 0 Å². The van der Waals surface area contributed by atoms with E-state index >= 15 is 0 Å². The molecule has 0 bridgehead atoms. The van der Waals surface area contributed by atoms with Crippen molar-refractivity contribution in [1.29, 1.82) is 0 Å². The summed E-state index contributed by atoms with van der Waals surface area (Å²) in [5, 5.41) is 60.7. The first kappa shape index (κ1) is 28.6. The second-order valence-corrected chi connectivity index (χ2v) is 5.68. The van der Waals surface area contributed by atoms with Crippen LogP contribution in [0.1, 0.15) is 32.3 Å². The molecule has 0 radical (unpaired) electrons. The minimum absolute atomic E-state index is 0.0880. The zero-order valence-corrected chi connectivity index (χ0v) is 16.4. The number of esters is 1. The summed E-state index contributed by atoms with van der Waals surface area (Å²) >= 11 is 0. The van der Waals surface area contributed by atoms with E-state index in [2.05, 4.69) is 4.74 Å². The predicted molar refractivity (Wildman–Crippen MR) is 102 cm³/mol. The summed E-state index contributed by atoms with van der Waals surface area (Å²) in [6.07, 6.45) is -4.97. The van der Waals surface area contributed by atoms with Crippen molar-refractivity contribution in [2.45, 2.75) is 57.7 Å². The highest BCUT2D eigenvalue weighted by Crippen LogP contribution is 2.04. The first-order valence-corrected chi connectivity index (χ1v) is 9.03. The van der Waals surface area contributed by atoms with Gasteiger partial charge in [0.15, 0.2) is 0 Å². The van der Waals surface area contributed by atoms with Crippen LogP contribution in [0.25, 0.3) is 0 Å². The maximum absolute atomic E-state index is 10.4. The monoisotopic (exact) mass is 406 g/mol. The Morgan fingerprint density at radius 1 is 0.893 bits per heavy atom. The van der Waals surface area contributed by atoms with Crippen LogP contribution in [-0.2, 0) is 16.1 Å². The van der Waals surface area contributed by atoms with Crippen LogP contribution in [0.4, 0.5) is 0 Å². The van der Waals surface area contributed by atoms with Gasteiger partial charge in [0.1, 0.15) is 24.4 Å². The SMILES string of the molecule is CCCC(=O)OCC.OC[C@@H](O)[C@@H](O)[C@H](O)[C@@H](O)CO.OCc1ccccc1. The number of hydrogen-bond donors (Lipinski definition) is 7. The van der Waals surface area contributed by atoms with Crippen molar-refractivity contribution < 1.29 is 45.3 Å². The van der Waals surface area contributed by atoms with Crippen LogP contribution in [0.3, 0.4) is 0 Å². The van der Waals surface area contributed by atoms with Gasteiger partial charge in [0.2, 0.25) is 0 Å². The lowest BCUT2D eigenvalue weighted by Gasteiger charge is -2.24. The van der Waals surface area contributed by atoms with E-state index in [0.717, 1.165) is 12.0 Å². The van der Waals surface area contributed by atoms with Gasteiger partial charge >= 0.3 is 5.97 Å². The van der Waals surface area contributed by atoms with E-state index in [4.69, 9.17) is 35.7 Å². The third-order valence-corrected chi connectivity index (χ3v) is 3.30. The summed E-state index contributed by atoms with van der Waals surface area (Å²) in [5.74, 6) is -0.0880. The standard InChI is InChI=1S/C7H8O.C6H14O6.C6H12O2/c8-6-7-4-2-1-3-5-7;7-1-3(9)5(11)6(12)4(10)2-8;1-3-5-6(7)8-4-2/h1-5,8H,6H2;3-12H,1-2H2;3-5H2,1-2H3/t;3-,4+,5-,6-;/m.1./s1. The molecule has 1 aromatic rings. The molecule has 164 valence electrons. The lowest BCUT2D eigenvalue weighted by atomic mass is 10.0. The van der Waals surface area contributed by atoms with Crippen molar-refractivity contribution >= 4 is 5.97 Å². The highest BCUT2D eigenvalue weighted by Gasteiger charge is 2.29. The number of carbonyl (C=O) groups is 1. The quantitative estimate of drug-likeness (QED) is 0.253. The Morgan fingerprint density at radius 3 is 1.64 bits per heavy atom. The Labute approximate surface area is 165 Å². The van der Waals surface area contributed by atoms with Crippen molar-refractivity contribution in [3.8, 4) is 0 Å². The number of benzene rings is 1. The van der Waals surface area contributed by atoms with Gasteiger partial charge in [-0.2, -0.15) is 0 Å². The number of aliphatic hydroxyl groups is 7. The molecule has 9 heteroatoms. The lowest BCUT2D eigenvalue weighted by molar-refractivity contribution is -0.143. The number of aliphatic hydroxyl groups excluding tert-OH is 7. The fourth-order valence-corrected chi connectivity index (χ4v) is 1.69. The largest absolute Gasteiger partial charge is 0.466 e. The van der Waals surface area contributed by atoms with E-state index in [1.54, 1.807) is 0 Å². The van der Waals surface area contributed by atoms with Gasteiger partial charge in [-0.15, -0.1) is 0 Å². The molecule has 0 amide bonds. The molecule has 0 unspecified atom stereocenters. The lowest BCUT2D eigenvalue weighted by Crippen LogP contribution is -2.46. The van der Waals surface area contributed by atoms with Crippen molar-refractivity contribution in [2.75, 3.05) is 19.8 Å². The fraction of sp³-hybridized carbons (Fsp3) is 0.632. The second-order valence-electron chi connectivity index (χ2n) is 5.68. The smallest absolute Gasteiger partial charge is 0.305 e. The molecule has 28 heavy (non-hydrogen) atoms. The first-order chi connectivity index (χ1) is 13.3. The molecule has 0 spiro atoms. The van der Waals surface area contributed by atoms with E-state index < -0.39 is 37.6 Å². The zero-order valence-electron chi connectivity index (χ0n) is 16.4. The van der Waals surface area contributed by atoms with Gasteiger partial charge in [-0.1, -0.05) is 37.3 Å². The van der Waals surface area contributed by atoms with E-state index in [9.17, 15) is 4.79 Å². The van der Waals surface area contributed by atoms with Crippen molar-refractivity contribution in [2.24, 2.45) is 0 Å². The molecule has 9 nitrogen and oxygen atoms in total. The number of rotatable bonds is 9. The Hall–Kier alpha value is -1.59. The molecule has 1 aromatic carbocycles. The van der Waals surface area contributed by atoms with Gasteiger partial charge in [-0.3, -0.25) is 4.79 Å². The van der Waals surface area contributed by atoms with Crippen LogP contribution >= 0.6 is 0 Å². The second kappa shape index (κ2) is 18.8. The van der Waals surface area contributed by atoms with Gasteiger partial charge < -0.3 is 40.5 Å². The molecule has 7 N–H and O–H groups in total. The molecule has 0 aliphatic carbocycles. The minimum atomic E-state index is -1.67. The minimum Gasteiger partial charge on any atom is -0.466 e. The normalized spacial score (nSPS) is 14.3. The summed E-state index contributed by atoms with van der Waals surface area (Å²) in [5.41, 5.74) is 0.965. The molecule has 1 rings (SSSR count). The van der Waals surface area contributed by atoms with Gasteiger partial charge in [-0.25, -0.2) is 0 Å². The van der Waals surface area contributed by atoms with E-state index in [1.807, 2.05) is 44.2 Å². The Bertz CT molecular complexity index is 448. The van der Waals surface area contributed by atoms with Gasteiger partial charge in [0.05, 0.1) is 26.4 Å². The Kier molecular flexibility index (Phi) is 19.2. The van der Waals surface area contributed by atoms with Gasteiger partial charge in [-0.05, 0) is 18.9 Å². The average molecular weight is 406 g/mol. The fourth-order valence-electron chi connectivity index (χ4n) is 1.69. The molecular weight excluding hydrogens is 372 g/mol. The summed E-state index contributed by atoms with van der Waals surface area (Å²) < 4.78 is 4.64. The van der Waals surface area contributed by atoms with Crippen molar-refractivity contribution in [3.63, 3.8) is 0 Å². The molecule has 0 heterocycles. The van der Waals surface area contributed by atoms with Crippen LogP contribution in [-0.4, -0.2) is 86.0 Å². The summed E-state index contributed by atoms with van der Waals surface area (Å²) in [4.78, 5) is 10.4. The molecule has 4 atom stereocenters. The summed E-state index contributed by atoms with van der Waals surface area (Å²) in [7, 11) is 0. The third-order valence-electron chi connectivity index (χ3n) is 3.30. The summed E-state index contributed by atoms with van der Waals surface area (Å²) in [6.45, 7) is 2.96. The third kappa shape index (κ3) is 14.5. The summed E-state index contributed by atoms with van der Waals surface area (Å²) in [6, 6.07) is 9.52. The van der Waals surface area contributed by atoms with E-state index in [-0.39, 0.29) is 12.6 Å². The van der Waals surface area contributed by atoms with Crippen LogP contribution in [0, 0.1) is 0 Å². The predicted octanol–water partition coefficient (Wildman–Crippen LogP) is -1.06. The molecular formula is C19H34O9. The van der Waals surface area contributed by atoms with Crippen molar-refractivity contribution in [3.05, 3.63) is 35.9 Å². The Morgan fingerprint density at radius 2 is 1.36 bits per heavy atom. The molecule has 0 fully saturated rings. The maximum atomic E-state index is 10.4. The molecule has 0 aliphatic heterocycles. The first-order valence-electron chi connectivity index (χ1n) is 9.03. The van der Waals surface area contributed by atoms with Gasteiger partial charge in [0.25, 0.3) is 0 Å². The average Bonchev–Trinajstić information content (AvgIpc) is 2.73. The maximum Gasteiger partial charge on any atom is 0.305 e. The van der Waals surface area contributed by atoms with E-state index in [1.165, 1.54) is 0 Å². The number of ether oxygens (including phenoxy) is 1. The van der Waals surface area contributed by atoms with Crippen LogP contribution in [0.15, 0.2) is 30.3 Å². The highest BCUT2D eigenvalue weighted by atomic mass is 16.5. The topological polar surface area (TPSA) is 168 Å². The van der Waals surface area contributed by atoms with Crippen LogP contribution in [0.5, 0.6) is 0 Å². The molecule has 0 aromatic heterocycles. The molecule has 0 saturated heterocycles. The number of hydrogen-bond acceptors (Lipinski definition) is 9. The van der Waals surface area contributed by atoms with Crippen LogP contribution in [0.2, 0.25) is 0 Å². The van der Waals surface area contributed by atoms with E-state index in [0.29, 0.717) is 13.0 Å². The van der Waals surface area contributed by atoms with Crippen molar-refractivity contribution in [1.82, 2.24) is 0 Å². The van der Waals surface area contributed by atoms with Gasteiger partial charge in [0, 0.05) is 6.42 Å².